The third-order valence-electron chi connectivity index (χ3n) is 1.05. The van der Waals surface area contributed by atoms with Crippen LogP contribution >= 0.6 is 0 Å². The van der Waals surface area contributed by atoms with Crippen LogP contribution in [-0.4, -0.2) is 17.4 Å². The summed E-state index contributed by atoms with van der Waals surface area (Å²) < 4.78 is 34.7. The molecule has 1 atom stereocenters. The van der Waals surface area contributed by atoms with Crippen molar-refractivity contribution in [2.24, 2.45) is 0 Å². The van der Waals surface area contributed by atoms with E-state index in [2.05, 4.69) is 6.58 Å². The van der Waals surface area contributed by atoms with Crippen molar-refractivity contribution in [3.8, 4) is 0 Å². The Balaban J connectivity index is 3.69. The Morgan fingerprint density at radius 1 is 1.55 bits per heavy atom. The van der Waals surface area contributed by atoms with Crippen LogP contribution in [0.1, 0.15) is 19.8 Å². The maximum atomic E-state index is 11.6. The Labute approximate surface area is 63.5 Å². The zero-order valence-electron chi connectivity index (χ0n) is 6.28. The van der Waals surface area contributed by atoms with Gasteiger partial charge in [-0.2, -0.15) is 13.2 Å². The van der Waals surface area contributed by atoms with Gasteiger partial charge in [0.2, 0.25) is 0 Å². The molecule has 4 heteroatoms. The van der Waals surface area contributed by atoms with Crippen LogP contribution < -0.4 is 0 Å². The summed E-state index contributed by atoms with van der Waals surface area (Å²) in [6.07, 6.45) is -6.76. The van der Waals surface area contributed by atoms with E-state index in [-0.39, 0.29) is 6.42 Å². The molecule has 1 nitrogen and oxygen atoms in total. The van der Waals surface area contributed by atoms with Crippen molar-refractivity contribution >= 4 is 0 Å². The maximum absolute atomic E-state index is 11.6. The van der Waals surface area contributed by atoms with Crippen LogP contribution in [0.2, 0.25) is 0 Å². The fourth-order valence-corrected chi connectivity index (χ4v) is 0.742. The maximum Gasteiger partial charge on any atom is 0.391 e. The summed E-state index contributed by atoms with van der Waals surface area (Å²) >= 11 is 0. The number of hydrogen-bond acceptors (Lipinski definition) is 1. The standard InChI is InChI=1S/C7H11F3O/c1-5(2)3-6(11)4-7(8,9)10/h6,11H,1,3-4H2,2H3. The Hall–Kier alpha value is -0.510. The molecule has 0 saturated heterocycles. The highest BCUT2D eigenvalue weighted by molar-refractivity contribution is 4.90. The van der Waals surface area contributed by atoms with Crippen molar-refractivity contribution in [1.82, 2.24) is 0 Å². The summed E-state index contributed by atoms with van der Waals surface area (Å²) in [4.78, 5) is 0. The number of halogens is 3. The highest BCUT2D eigenvalue weighted by atomic mass is 19.4. The number of aliphatic hydroxyl groups excluding tert-OH is 1. The van der Waals surface area contributed by atoms with Crippen LogP contribution in [0.3, 0.4) is 0 Å². The van der Waals surface area contributed by atoms with Gasteiger partial charge in [-0.3, -0.25) is 0 Å². The molecule has 1 N–H and O–H groups in total. The number of alkyl halides is 3. The molecule has 0 saturated carbocycles. The van der Waals surface area contributed by atoms with Crippen molar-refractivity contribution in [3.63, 3.8) is 0 Å². The molecule has 11 heavy (non-hydrogen) atoms. The van der Waals surface area contributed by atoms with Crippen molar-refractivity contribution in [1.29, 1.82) is 0 Å². The summed E-state index contributed by atoms with van der Waals surface area (Å²) in [6, 6.07) is 0. The highest BCUT2D eigenvalue weighted by Gasteiger charge is 2.30. The van der Waals surface area contributed by atoms with E-state index in [1.807, 2.05) is 0 Å². The van der Waals surface area contributed by atoms with Crippen LogP contribution in [0.25, 0.3) is 0 Å². The molecule has 0 aliphatic heterocycles. The Kier molecular flexibility index (Phi) is 3.58. The van der Waals surface area contributed by atoms with Gasteiger partial charge >= 0.3 is 6.18 Å². The van der Waals surface area contributed by atoms with E-state index in [1.165, 1.54) is 0 Å². The second-order valence-corrected chi connectivity index (χ2v) is 2.63. The van der Waals surface area contributed by atoms with E-state index in [4.69, 9.17) is 5.11 Å². The van der Waals surface area contributed by atoms with E-state index >= 15 is 0 Å². The minimum Gasteiger partial charge on any atom is -0.392 e. The van der Waals surface area contributed by atoms with Gasteiger partial charge in [0.15, 0.2) is 0 Å². The molecule has 0 aromatic carbocycles. The van der Waals surface area contributed by atoms with Gasteiger partial charge in [-0.1, -0.05) is 5.57 Å². The first-order valence-corrected chi connectivity index (χ1v) is 3.20. The lowest BCUT2D eigenvalue weighted by Gasteiger charge is -2.12. The van der Waals surface area contributed by atoms with E-state index in [1.54, 1.807) is 6.92 Å². The summed E-state index contributed by atoms with van der Waals surface area (Å²) in [5.74, 6) is 0. The first kappa shape index (κ1) is 10.5. The lowest BCUT2D eigenvalue weighted by Crippen LogP contribution is -2.19. The molecular formula is C7H11F3O. The van der Waals surface area contributed by atoms with Gasteiger partial charge in [0.1, 0.15) is 0 Å². The summed E-state index contributed by atoms with van der Waals surface area (Å²) in [6.45, 7) is 4.98. The molecule has 0 aromatic heterocycles. The van der Waals surface area contributed by atoms with Gasteiger partial charge in [0, 0.05) is 0 Å². The zero-order valence-corrected chi connectivity index (χ0v) is 6.28. The van der Waals surface area contributed by atoms with Crippen LogP contribution in [-0.2, 0) is 0 Å². The van der Waals surface area contributed by atoms with Crippen molar-refractivity contribution in [2.45, 2.75) is 32.0 Å². The second-order valence-electron chi connectivity index (χ2n) is 2.63. The van der Waals surface area contributed by atoms with Crippen LogP contribution in [0.4, 0.5) is 13.2 Å². The van der Waals surface area contributed by atoms with Crippen molar-refractivity contribution in [2.75, 3.05) is 0 Å². The summed E-state index contributed by atoms with van der Waals surface area (Å²) in [5.41, 5.74) is 0.557. The number of rotatable bonds is 3. The van der Waals surface area contributed by atoms with E-state index in [0.29, 0.717) is 5.57 Å². The van der Waals surface area contributed by atoms with Crippen LogP contribution in [0, 0.1) is 0 Å². The Bertz CT molecular complexity index is 139. The first-order chi connectivity index (χ1) is 4.81. The first-order valence-electron chi connectivity index (χ1n) is 3.20. The third kappa shape index (κ3) is 7.39. The fourth-order valence-electron chi connectivity index (χ4n) is 0.742. The molecule has 0 spiro atoms. The number of hydrogen-bond donors (Lipinski definition) is 1. The molecule has 0 bridgehead atoms. The average Bonchev–Trinajstić information content (AvgIpc) is 1.53. The Morgan fingerprint density at radius 3 is 2.27 bits per heavy atom. The highest BCUT2D eigenvalue weighted by Crippen LogP contribution is 2.23. The molecule has 0 heterocycles. The topological polar surface area (TPSA) is 20.2 Å². The zero-order chi connectivity index (χ0) is 9.07. The molecular weight excluding hydrogens is 157 g/mol. The predicted octanol–water partition coefficient (Wildman–Crippen LogP) is 2.27. The van der Waals surface area contributed by atoms with Crippen molar-refractivity contribution < 1.29 is 18.3 Å². The quantitative estimate of drug-likeness (QED) is 0.641. The molecule has 0 amide bonds. The van der Waals surface area contributed by atoms with E-state index in [0.717, 1.165) is 0 Å². The predicted molar refractivity (Wildman–Crippen MR) is 36.1 cm³/mol. The summed E-state index contributed by atoms with van der Waals surface area (Å²) in [5, 5.41) is 8.77. The average molecular weight is 168 g/mol. The molecule has 0 aliphatic carbocycles. The SMILES string of the molecule is C=C(C)CC(O)CC(F)(F)F. The van der Waals surface area contributed by atoms with E-state index in [9.17, 15) is 13.2 Å². The lowest BCUT2D eigenvalue weighted by molar-refractivity contribution is -0.153. The molecule has 1 unspecified atom stereocenters. The molecule has 0 aromatic rings. The lowest BCUT2D eigenvalue weighted by atomic mass is 10.1. The second kappa shape index (κ2) is 3.76. The smallest absolute Gasteiger partial charge is 0.391 e. The molecule has 0 radical (unpaired) electrons. The Morgan fingerprint density at radius 2 is 2.00 bits per heavy atom. The van der Waals surface area contributed by atoms with Gasteiger partial charge in [-0.05, 0) is 13.3 Å². The van der Waals surface area contributed by atoms with Gasteiger partial charge < -0.3 is 5.11 Å². The fraction of sp³-hybridized carbons (Fsp3) is 0.714. The van der Waals surface area contributed by atoms with Crippen LogP contribution in [0.5, 0.6) is 0 Å². The minimum atomic E-state index is -4.28. The summed E-state index contributed by atoms with van der Waals surface area (Å²) in [7, 11) is 0. The van der Waals surface area contributed by atoms with E-state index < -0.39 is 18.7 Å². The van der Waals surface area contributed by atoms with Gasteiger partial charge in [0.05, 0.1) is 12.5 Å². The minimum absolute atomic E-state index is 0.0134. The molecule has 0 rings (SSSR count). The monoisotopic (exact) mass is 168 g/mol. The third-order valence-corrected chi connectivity index (χ3v) is 1.05. The number of aliphatic hydroxyl groups is 1. The molecule has 0 aliphatic rings. The normalized spacial score (nSPS) is 14.6. The largest absolute Gasteiger partial charge is 0.392 e. The van der Waals surface area contributed by atoms with Gasteiger partial charge in [-0.15, -0.1) is 6.58 Å². The molecule has 0 fully saturated rings. The van der Waals surface area contributed by atoms with Crippen LogP contribution in [0.15, 0.2) is 12.2 Å². The van der Waals surface area contributed by atoms with Gasteiger partial charge in [0.25, 0.3) is 0 Å². The van der Waals surface area contributed by atoms with Crippen molar-refractivity contribution in [3.05, 3.63) is 12.2 Å². The molecule has 66 valence electrons. The van der Waals surface area contributed by atoms with Gasteiger partial charge in [-0.25, -0.2) is 0 Å².